The van der Waals surface area contributed by atoms with Crippen molar-refractivity contribution in [1.29, 1.82) is 0 Å². The van der Waals surface area contributed by atoms with E-state index in [1.807, 2.05) is 13.8 Å². The second-order valence-electron chi connectivity index (χ2n) is 6.63. The predicted molar refractivity (Wildman–Crippen MR) is 94.1 cm³/mol. The van der Waals surface area contributed by atoms with Crippen LogP contribution in [0.5, 0.6) is 0 Å². The third kappa shape index (κ3) is 5.79. The molecule has 1 aliphatic heterocycles. The van der Waals surface area contributed by atoms with Crippen LogP contribution in [-0.2, 0) is 9.59 Å². The molecular formula is C18H29FN4O2+2. The van der Waals surface area contributed by atoms with Crippen LogP contribution in [0.2, 0.25) is 0 Å². The second kappa shape index (κ2) is 9.48. The summed E-state index contributed by atoms with van der Waals surface area (Å²) in [5, 5.41) is 5.57. The molecule has 1 fully saturated rings. The zero-order valence-corrected chi connectivity index (χ0v) is 15.0. The summed E-state index contributed by atoms with van der Waals surface area (Å²) in [7, 11) is 0. The first-order valence-corrected chi connectivity index (χ1v) is 9.01. The Morgan fingerprint density at radius 1 is 1.20 bits per heavy atom. The largest absolute Gasteiger partial charge is 0.351 e. The van der Waals surface area contributed by atoms with Crippen LogP contribution in [0.15, 0.2) is 24.3 Å². The summed E-state index contributed by atoms with van der Waals surface area (Å²) in [6, 6.07) is 5.93. The average molecular weight is 352 g/mol. The molecule has 138 valence electrons. The second-order valence-corrected chi connectivity index (χ2v) is 6.63. The summed E-state index contributed by atoms with van der Waals surface area (Å²) >= 11 is 0. The molecule has 0 spiro atoms. The highest BCUT2D eigenvalue weighted by molar-refractivity contribution is 5.93. The van der Waals surface area contributed by atoms with E-state index in [0.29, 0.717) is 6.54 Å². The zero-order chi connectivity index (χ0) is 18.2. The molecule has 7 heteroatoms. The summed E-state index contributed by atoms with van der Waals surface area (Å²) < 4.78 is 13.7. The normalized spacial score (nSPS) is 21.4. The molecule has 1 heterocycles. The Bertz CT molecular complexity index is 588. The van der Waals surface area contributed by atoms with Crippen molar-refractivity contribution in [3.05, 3.63) is 30.1 Å². The summed E-state index contributed by atoms with van der Waals surface area (Å²) in [4.78, 5) is 26.6. The van der Waals surface area contributed by atoms with Gasteiger partial charge in [-0.1, -0.05) is 19.1 Å². The molecule has 0 aromatic heterocycles. The Balaban J connectivity index is 1.78. The van der Waals surface area contributed by atoms with E-state index in [1.165, 1.54) is 15.9 Å². The maximum Gasteiger partial charge on any atom is 0.282 e. The molecule has 2 rings (SSSR count). The van der Waals surface area contributed by atoms with Gasteiger partial charge in [-0.25, -0.2) is 4.39 Å². The van der Waals surface area contributed by atoms with Crippen molar-refractivity contribution in [3.8, 4) is 0 Å². The molecule has 1 aromatic carbocycles. The van der Waals surface area contributed by atoms with E-state index in [1.54, 1.807) is 18.2 Å². The molecule has 1 aromatic rings. The van der Waals surface area contributed by atoms with E-state index in [9.17, 15) is 14.0 Å². The van der Waals surface area contributed by atoms with Gasteiger partial charge in [-0.2, -0.15) is 0 Å². The summed E-state index contributed by atoms with van der Waals surface area (Å²) in [6.45, 7) is 8.45. The fourth-order valence-corrected chi connectivity index (χ4v) is 3.08. The molecule has 1 aliphatic rings. The first-order chi connectivity index (χ1) is 12.0. The van der Waals surface area contributed by atoms with Gasteiger partial charge in [0, 0.05) is 6.54 Å². The summed E-state index contributed by atoms with van der Waals surface area (Å²) in [6.07, 6.45) is 0.938. The first kappa shape index (κ1) is 19.3. The number of para-hydroxylation sites is 1. The molecule has 1 saturated heterocycles. The zero-order valence-electron chi connectivity index (χ0n) is 15.0. The number of anilines is 1. The average Bonchev–Trinajstić information content (AvgIpc) is 2.62. The molecule has 6 nitrogen and oxygen atoms in total. The lowest BCUT2D eigenvalue weighted by molar-refractivity contribution is -1.01. The van der Waals surface area contributed by atoms with Gasteiger partial charge in [0.25, 0.3) is 11.8 Å². The lowest BCUT2D eigenvalue weighted by Gasteiger charge is -2.32. The molecule has 0 saturated carbocycles. The Labute approximate surface area is 148 Å². The van der Waals surface area contributed by atoms with Gasteiger partial charge >= 0.3 is 0 Å². The van der Waals surface area contributed by atoms with E-state index in [-0.39, 0.29) is 23.5 Å². The van der Waals surface area contributed by atoms with Crippen LogP contribution in [0.3, 0.4) is 0 Å². The highest BCUT2D eigenvalue weighted by Gasteiger charge is 2.31. The molecule has 2 amide bonds. The van der Waals surface area contributed by atoms with Gasteiger partial charge in [-0.3, -0.25) is 9.59 Å². The number of quaternary nitrogens is 2. The number of amides is 2. The minimum absolute atomic E-state index is 0.0886. The third-order valence-electron chi connectivity index (χ3n) is 4.72. The van der Waals surface area contributed by atoms with Crippen LogP contribution in [-0.4, -0.2) is 57.1 Å². The molecule has 0 unspecified atom stereocenters. The Kier molecular flexibility index (Phi) is 7.33. The van der Waals surface area contributed by atoms with E-state index in [4.69, 9.17) is 0 Å². The van der Waals surface area contributed by atoms with E-state index < -0.39 is 5.82 Å². The van der Waals surface area contributed by atoms with E-state index >= 15 is 0 Å². The molecule has 25 heavy (non-hydrogen) atoms. The first-order valence-electron chi connectivity index (χ1n) is 9.01. The Morgan fingerprint density at radius 3 is 2.52 bits per heavy atom. The number of nitrogens with one attached hydrogen (secondary N) is 4. The number of piperazine rings is 1. The number of carbonyl (C=O) groups excluding carboxylic acids is 2. The van der Waals surface area contributed by atoms with Gasteiger partial charge in [0.15, 0.2) is 12.6 Å². The maximum atomic E-state index is 13.7. The highest BCUT2D eigenvalue weighted by Crippen LogP contribution is 2.12. The Morgan fingerprint density at radius 2 is 1.88 bits per heavy atom. The van der Waals surface area contributed by atoms with Crippen molar-refractivity contribution in [2.24, 2.45) is 0 Å². The van der Waals surface area contributed by atoms with E-state index in [0.717, 1.165) is 39.1 Å². The van der Waals surface area contributed by atoms with Crippen molar-refractivity contribution in [2.75, 3.05) is 44.6 Å². The van der Waals surface area contributed by atoms with Gasteiger partial charge in [-0.05, 0) is 25.5 Å². The minimum Gasteiger partial charge on any atom is -0.351 e. The summed E-state index contributed by atoms with van der Waals surface area (Å²) in [5.74, 6) is -0.514. The molecule has 1 atom stereocenters. The topological polar surface area (TPSA) is 67.1 Å². The van der Waals surface area contributed by atoms with Crippen LogP contribution in [0, 0.1) is 5.82 Å². The minimum atomic E-state index is -0.426. The van der Waals surface area contributed by atoms with Gasteiger partial charge in [0.1, 0.15) is 32.0 Å². The maximum absolute atomic E-state index is 13.7. The van der Waals surface area contributed by atoms with Gasteiger partial charge in [0.05, 0.1) is 5.69 Å². The molecule has 4 N–H and O–H groups in total. The standard InChI is InChI=1S/C18H27FN4O2/c1-3-8-20-17(24)13-22-9-11-23(12-10-22)14(2)18(25)21-16-7-5-4-6-15(16)19/h4-7,14H,3,8-13H2,1-2H3,(H,20,24)(H,21,25)/p+2/t14-/m1/s1. The Hall–Kier alpha value is -1.99. The van der Waals surface area contributed by atoms with Crippen molar-refractivity contribution in [1.82, 2.24) is 5.32 Å². The molecule has 0 bridgehead atoms. The van der Waals surface area contributed by atoms with Crippen LogP contribution in [0.25, 0.3) is 0 Å². The van der Waals surface area contributed by atoms with Gasteiger partial charge in [0.2, 0.25) is 0 Å². The monoisotopic (exact) mass is 352 g/mol. The number of carbonyl (C=O) groups is 2. The lowest BCUT2D eigenvalue weighted by atomic mass is 10.2. The quantitative estimate of drug-likeness (QED) is 0.481. The fourth-order valence-electron chi connectivity index (χ4n) is 3.08. The van der Waals surface area contributed by atoms with Crippen LogP contribution in [0.4, 0.5) is 10.1 Å². The smallest absolute Gasteiger partial charge is 0.282 e. The van der Waals surface area contributed by atoms with Gasteiger partial charge in [-0.15, -0.1) is 0 Å². The van der Waals surface area contributed by atoms with Crippen molar-refractivity contribution >= 4 is 17.5 Å². The lowest BCUT2D eigenvalue weighted by Crippen LogP contribution is -3.30. The van der Waals surface area contributed by atoms with Crippen LogP contribution < -0.4 is 20.4 Å². The SMILES string of the molecule is CCCNC(=O)C[NH+]1CC[NH+]([C@H](C)C(=O)Nc2ccccc2F)CC1. The van der Waals surface area contributed by atoms with E-state index in [2.05, 4.69) is 10.6 Å². The third-order valence-corrected chi connectivity index (χ3v) is 4.72. The van der Waals surface area contributed by atoms with Crippen molar-refractivity contribution < 1.29 is 23.8 Å². The summed E-state index contributed by atoms with van der Waals surface area (Å²) in [5.41, 5.74) is 0.218. The molecule has 0 radical (unpaired) electrons. The number of hydrogen-bond donors (Lipinski definition) is 4. The predicted octanol–water partition coefficient (Wildman–Crippen LogP) is -1.54. The van der Waals surface area contributed by atoms with Crippen molar-refractivity contribution in [3.63, 3.8) is 0 Å². The van der Waals surface area contributed by atoms with Crippen LogP contribution >= 0.6 is 0 Å². The fraction of sp³-hybridized carbons (Fsp3) is 0.556. The van der Waals surface area contributed by atoms with Crippen molar-refractivity contribution in [2.45, 2.75) is 26.3 Å². The molecule has 0 aliphatic carbocycles. The number of hydrogen-bond acceptors (Lipinski definition) is 2. The number of rotatable bonds is 7. The number of halogens is 1. The van der Waals surface area contributed by atoms with Crippen LogP contribution in [0.1, 0.15) is 20.3 Å². The number of benzene rings is 1. The molecular weight excluding hydrogens is 323 g/mol. The van der Waals surface area contributed by atoms with Gasteiger partial charge < -0.3 is 20.4 Å². The highest BCUT2D eigenvalue weighted by atomic mass is 19.1.